The molecule has 7 heteroatoms. The minimum Gasteiger partial charge on any atom is -0.465 e. The number of carboxylic acid groups (broad SMARTS) is 1. The summed E-state index contributed by atoms with van der Waals surface area (Å²) in [5.41, 5.74) is 1.85. The molecule has 4 rings (SSSR count). The van der Waals surface area contributed by atoms with Gasteiger partial charge in [0.05, 0.1) is 12.2 Å². The van der Waals surface area contributed by atoms with Crippen molar-refractivity contribution in [1.29, 1.82) is 0 Å². The van der Waals surface area contributed by atoms with Crippen LogP contribution in [0.1, 0.15) is 29.6 Å². The highest BCUT2D eigenvalue weighted by molar-refractivity contribution is 5.83. The second-order valence-corrected chi connectivity index (χ2v) is 9.00. The number of nitrogens with zero attached hydrogens (tertiary/aromatic N) is 2. The number of methoxy groups -OCH3 is 1. The van der Waals surface area contributed by atoms with Gasteiger partial charge in [-0.15, -0.1) is 0 Å². The van der Waals surface area contributed by atoms with E-state index in [1.54, 1.807) is 19.1 Å². The number of hydrogen-bond donors (Lipinski definition) is 1. The van der Waals surface area contributed by atoms with E-state index in [1.807, 2.05) is 66.7 Å². The molecule has 1 fully saturated rings. The molecule has 2 amide bonds. The van der Waals surface area contributed by atoms with Gasteiger partial charge in [0.2, 0.25) is 5.91 Å². The number of ether oxygens (including phenoxy) is 2. The Morgan fingerprint density at radius 1 is 1.03 bits per heavy atom. The summed E-state index contributed by atoms with van der Waals surface area (Å²) in [5, 5.41) is 11.8. The van der Waals surface area contributed by atoms with Crippen LogP contribution in [0.3, 0.4) is 0 Å². The van der Waals surface area contributed by atoms with Gasteiger partial charge in [0.1, 0.15) is 6.61 Å². The second-order valence-electron chi connectivity index (χ2n) is 9.00. The quantitative estimate of drug-likeness (QED) is 0.491. The van der Waals surface area contributed by atoms with E-state index in [4.69, 9.17) is 9.47 Å². The molecule has 3 aromatic rings. The molecule has 0 aromatic heterocycles. The Morgan fingerprint density at radius 3 is 2.43 bits per heavy atom. The first-order valence-electron chi connectivity index (χ1n) is 11.9. The van der Waals surface area contributed by atoms with Gasteiger partial charge < -0.3 is 24.4 Å². The third-order valence-electron chi connectivity index (χ3n) is 6.71. The minimum absolute atomic E-state index is 0.0541. The lowest BCUT2D eigenvalue weighted by Crippen LogP contribution is -2.36. The van der Waals surface area contributed by atoms with Gasteiger partial charge >= 0.3 is 6.09 Å². The Kier molecular flexibility index (Phi) is 8.00. The molecule has 3 aromatic carbocycles. The first-order chi connectivity index (χ1) is 17.0. The Labute approximate surface area is 205 Å². The number of hydrogen-bond acceptors (Lipinski definition) is 4. The van der Waals surface area contributed by atoms with Crippen LogP contribution in [0.15, 0.2) is 72.8 Å². The Hall–Kier alpha value is -3.42. The molecule has 7 nitrogen and oxygen atoms in total. The van der Waals surface area contributed by atoms with Gasteiger partial charge in [0, 0.05) is 39.7 Å². The fraction of sp³-hybridized carbons (Fsp3) is 0.357. The van der Waals surface area contributed by atoms with Crippen molar-refractivity contribution in [1.82, 2.24) is 9.80 Å². The van der Waals surface area contributed by atoms with Crippen LogP contribution in [0.2, 0.25) is 0 Å². The Bertz CT molecular complexity index is 1150. The van der Waals surface area contributed by atoms with Crippen LogP contribution in [-0.4, -0.2) is 73.4 Å². The number of carbonyl (C=O) groups excluding carboxylic acids is 1. The molecule has 0 bridgehead atoms. The van der Waals surface area contributed by atoms with Crippen molar-refractivity contribution in [2.45, 2.75) is 24.5 Å². The van der Waals surface area contributed by atoms with Crippen molar-refractivity contribution in [3.63, 3.8) is 0 Å². The van der Waals surface area contributed by atoms with Crippen molar-refractivity contribution in [2.24, 2.45) is 0 Å². The number of fused-ring (bicyclic) bond motifs is 1. The Balaban J connectivity index is 1.65. The number of carbonyl (C=O) groups is 2. The van der Waals surface area contributed by atoms with Gasteiger partial charge in [0.15, 0.2) is 0 Å². The van der Waals surface area contributed by atoms with Crippen LogP contribution in [-0.2, 0) is 14.3 Å². The highest BCUT2D eigenvalue weighted by Crippen LogP contribution is 2.36. The molecule has 35 heavy (non-hydrogen) atoms. The third kappa shape index (κ3) is 5.99. The van der Waals surface area contributed by atoms with Gasteiger partial charge in [0.25, 0.3) is 0 Å². The van der Waals surface area contributed by atoms with Crippen molar-refractivity contribution >= 4 is 22.8 Å². The smallest absolute Gasteiger partial charge is 0.407 e. The number of likely N-dealkylation sites (tertiary alicyclic amines) is 1. The zero-order valence-corrected chi connectivity index (χ0v) is 20.2. The average Bonchev–Trinajstić information content (AvgIpc) is 3.38. The topological polar surface area (TPSA) is 79.3 Å². The molecule has 1 saturated heterocycles. The SMILES string of the molecule is CO[C@H]1CCN(C(=O)CO[C@H](c2ccccc2)[C@H](CN(C)C(=O)O)c2ccc3ccccc3c2)C1. The van der Waals surface area contributed by atoms with Crippen molar-refractivity contribution in [2.75, 3.05) is 40.4 Å². The fourth-order valence-electron chi connectivity index (χ4n) is 4.67. The predicted octanol–water partition coefficient (Wildman–Crippen LogP) is 4.54. The lowest BCUT2D eigenvalue weighted by atomic mass is 9.87. The second kappa shape index (κ2) is 11.3. The first-order valence-corrected chi connectivity index (χ1v) is 11.9. The number of amides is 2. The maximum atomic E-state index is 12.9. The molecule has 0 unspecified atom stereocenters. The van der Waals surface area contributed by atoms with Crippen molar-refractivity contribution in [3.8, 4) is 0 Å². The molecule has 1 aliphatic rings. The maximum absolute atomic E-state index is 12.9. The van der Waals surface area contributed by atoms with Crippen LogP contribution in [0.5, 0.6) is 0 Å². The van der Waals surface area contributed by atoms with Crippen LogP contribution in [0.25, 0.3) is 10.8 Å². The fourth-order valence-corrected chi connectivity index (χ4v) is 4.67. The van der Waals surface area contributed by atoms with E-state index < -0.39 is 12.2 Å². The van der Waals surface area contributed by atoms with Crippen LogP contribution >= 0.6 is 0 Å². The average molecular weight is 477 g/mol. The largest absolute Gasteiger partial charge is 0.465 e. The molecule has 0 spiro atoms. The molecule has 1 heterocycles. The summed E-state index contributed by atoms with van der Waals surface area (Å²) in [6.45, 7) is 1.34. The summed E-state index contributed by atoms with van der Waals surface area (Å²) >= 11 is 0. The number of rotatable bonds is 9. The first kappa shape index (κ1) is 24.7. The van der Waals surface area contributed by atoms with Gasteiger partial charge in [-0.1, -0.05) is 72.8 Å². The van der Waals surface area contributed by atoms with E-state index in [0.717, 1.165) is 28.3 Å². The molecule has 184 valence electrons. The maximum Gasteiger partial charge on any atom is 0.407 e. The number of benzene rings is 3. The van der Waals surface area contributed by atoms with E-state index >= 15 is 0 Å². The molecule has 0 saturated carbocycles. The number of likely N-dealkylation sites (N-methyl/N-ethyl adjacent to an activating group) is 1. The molecule has 1 aliphatic heterocycles. The standard InChI is InChI=1S/C28H32N2O5/c1-29(28(32)33)18-25(23-13-12-20-8-6-7-11-22(20)16-23)27(21-9-4-3-5-10-21)35-19-26(31)30-15-14-24(17-30)34-2/h3-13,16,24-25,27H,14-15,17-19H2,1-2H3,(H,32,33)/t24-,25+,27+/m0/s1. The lowest BCUT2D eigenvalue weighted by molar-refractivity contribution is -0.138. The molecule has 0 radical (unpaired) electrons. The Morgan fingerprint density at radius 2 is 1.74 bits per heavy atom. The van der Waals surface area contributed by atoms with Gasteiger partial charge in [-0.25, -0.2) is 4.79 Å². The summed E-state index contributed by atoms with van der Waals surface area (Å²) in [6, 6.07) is 23.9. The molecule has 1 N–H and O–H groups in total. The summed E-state index contributed by atoms with van der Waals surface area (Å²) < 4.78 is 11.7. The van der Waals surface area contributed by atoms with Gasteiger partial charge in [-0.05, 0) is 28.3 Å². The summed E-state index contributed by atoms with van der Waals surface area (Å²) in [6.07, 6.45) is -0.656. The summed E-state index contributed by atoms with van der Waals surface area (Å²) in [7, 11) is 3.21. The van der Waals surface area contributed by atoms with E-state index in [-0.39, 0.29) is 31.1 Å². The lowest BCUT2D eigenvalue weighted by Gasteiger charge is -2.31. The highest BCUT2D eigenvalue weighted by Gasteiger charge is 2.31. The minimum atomic E-state index is -1.01. The summed E-state index contributed by atoms with van der Waals surface area (Å²) in [5.74, 6) is -0.407. The third-order valence-corrected chi connectivity index (χ3v) is 6.71. The predicted molar refractivity (Wildman–Crippen MR) is 134 cm³/mol. The normalized spacial score (nSPS) is 17.3. The van der Waals surface area contributed by atoms with E-state index in [9.17, 15) is 14.7 Å². The van der Waals surface area contributed by atoms with E-state index in [1.165, 1.54) is 4.90 Å². The monoisotopic (exact) mass is 476 g/mol. The van der Waals surface area contributed by atoms with Gasteiger partial charge in [-0.3, -0.25) is 4.79 Å². The molecule has 0 aliphatic carbocycles. The van der Waals surface area contributed by atoms with Gasteiger partial charge in [-0.2, -0.15) is 0 Å². The molecule has 3 atom stereocenters. The summed E-state index contributed by atoms with van der Waals surface area (Å²) in [4.78, 5) is 27.7. The van der Waals surface area contributed by atoms with Crippen molar-refractivity contribution < 1.29 is 24.2 Å². The molecular formula is C28H32N2O5. The van der Waals surface area contributed by atoms with Crippen LogP contribution < -0.4 is 0 Å². The zero-order valence-electron chi connectivity index (χ0n) is 20.2. The van der Waals surface area contributed by atoms with E-state index in [0.29, 0.717) is 13.1 Å². The zero-order chi connectivity index (χ0) is 24.8. The van der Waals surface area contributed by atoms with Crippen LogP contribution in [0.4, 0.5) is 4.79 Å². The molecular weight excluding hydrogens is 444 g/mol. The van der Waals surface area contributed by atoms with E-state index in [2.05, 4.69) is 6.07 Å². The van der Waals surface area contributed by atoms with Crippen molar-refractivity contribution in [3.05, 3.63) is 83.9 Å². The highest BCUT2D eigenvalue weighted by atomic mass is 16.5. The van der Waals surface area contributed by atoms with Crippen LogP contribution in [0, 0.1) is 0 Å².